The molecule has 0 amide bonds. The molecule has 2 heterocycles. The molecule has 116 valence electrons. The van der Waals surface area contributed by atoms with Gasteiger partial charge in [-0.2, -0.15) is 10.2 Å². The van der Waals surface area contributed by atoms with E-state index >= 15 is 0 Å². The lowest BCUT2D eigenvalue weighted by Gasteiger charge is -2.05. The maximum absolute atomic E-state index is 12.3. The summed E-state index contributed by atoms with van der Waals surface area (Å²) in [5, 5.41) is 8.23. The molecule has 0 atom stereocenters. The van der Waals surface area contributed by atoms with Gasteiger partial charge in [-0.05, 0) is 13.3 Å². The number of nitrogens with one attached hydrogen (secondary N) is 1. The first-order chi connectivity index (χ1) is 9.87. The van der Waals surface area contributed by atoms with Gasteiger partial charge < -0.3 is 5.73 Å². The van der Waals surface area contributed by atoms with Crippen LogP contribution in [0.4, 0.5) is 5.82 Å². The van der Waals surface area contributed by atoms with Gasteiger partial charge in [0.2, 0.25) is 10.0 Å². The van der Waals surface area contributed by atoms with E-state index in [0.29, 0.717) is 6.54 Å². The third-order valence-electron chi connectivity index (χ3n) is 3.15. The van der Waals surface area contributed by atoms with Gasteiger partial charge in [0.25, 0.3) is 0 Å². The Morgan fingerprint density at radius 2 is 2.00 bits per heavy atom. The molecular weight excluding hydrogens is 292 g/mol. The van der Waals surface area contributed by atoms with E-state index in [1.165, 1.54) is 10.9 Å². The van der Waals surface area contributed by atoms with Crippen molar-refractivity contribution < 1.29 is 8.42 Å². The summed E-state index contributed by atoms with van der Waals surface area (Å²) in [7, 11) is -1.88. The molecule has 21 heavy (non-hydrogen) atoms. The summed E-state index contributed by atoms with van der Waals surface area (Å²) in [4.78, 5) is 0.00582. The van der Waals surface area contributed by atoms with Crippen LogP contribution in [-0.2, 0) is 36.6 Å². The highest BCUT2D eigenvalue weighted by Crippen LogP contribution is 2.17. The molecule has 2 aromatic heterocycles. The Labute approximate surface area is 124 Å². The first-order valence-electron chi connectivity index (χ1n) is 6.71. The van der Waals surface area contributed by atoms with E-state index in [1.54, 1.807) is 17.9 Å². The smallest absolute Gasteiger partial charge is 0.246 e. The van der Waals surface area contributed by atoms with Crippen molar-refractivity contribution in [3.05, 3.63) is 23.7 Å². The lowest BCUT2D eigenvalue weighted by molar-refractivity contribution is 0.580. The molecule has 8 nitrogen and oxygen atoms in total. The van der Waals surface area contributed by atoms with E-state index in [2.05, 4.69) is 14.9 Å². The average Bonchev–Trinajstić information content (AvgIpc) is 2.99. The van der Waals surface area contributed by atoms with Gasteiger partial charge >= 0.3 is 0 Å². The number of aryl methyl sites for hydroxylation is 3. The average molecular weight is 312 g/mol. The molecule has 2 rings (SSSR count). The zero-order valence-electron chi connectivity index (χ0n) is 12.4. The molecule has 0 radical (unpaired) electrons. The summed E-state index contributed by atoms with van der Waals surface area (Å²) in [5.74, 6) is 0.00579. The van der Waals surface area contributed by atoms with Crippen LogP contribution < -0.4 is 10.5 Å². The molecule has 0 aromatic carbocycles. The normalized spacial score (nSPS) is 12.0. The number of hydrogen-bond acceptors (Lipinski definition) is 5. The first kappa shape index (κ1) is 15.5. The maximum Gasteiger partial charge on any atom is 0.246 e. The van der Waals surface area contributed by atoms with Crippen LogP contribution in [0.3, 0.4) is 0 Å². The molecule has 2 aromatic rings. The Morgan fingerprint density at radius 1 is 1.29 bits per heavy atom. The zero-order chi connectivity index (χ0) is 15.6. The Kier molecular flexibility index (Phi) is 4.33. The highest BCUT2D eigenvalue weighted by molar-refractivity contribution is 7.89. The van der Waals surface area contributed by atoms with Gasteiger partial charge in [-0.3, -0.25) is 9.36 Å². The van der Waals surface area contributed by atoms with Crippen LogP contribution in [0.5, 0.6) is 0 Å². The molecule has 0 aliphatic carbocycles. The van der Waals surface area contributed by atoms with Crippen LogP contribution in [0.25, 0.3) is 0 Å². The summed E-state index contributed by atoms with van der Waals surface area (Å²) >= 11 is 0. The fourth-order valence-electron chi connectivity index (χ4n) is 2.07. The highest BCUT2D eigenvalue weighted by atomic mass is 32.2. The van der Waals surface area contributed by atoms with Crippen LogP contribution in [0, 0.1) is 0 Å². The number of hydrogen-bond donors (Lipinski definition) is 2. The van der Waals surface area contributed by atoms with Crippen molar-refractivity contribution in [2.24, 2.45) is 7.05 Å². The van der Waals surface area contributed by atoms with E-state index in [4.69, 9.17) is 5.73 Å². The molecule has 0 aliphatic rings. The van der Waals surface area contributed by atoms with Crippen molar-refractivity contribution >= 4 is 15.8 Å². The van der Waals surface area contributed by atoms with E-state index in [0.717, 1.165) is 17.7 Å². The van der Waals surface area contributed by atoms with Crippen LogP contribution >= 0.6 is 0 Å². The summed E-state index contributed by atoms with van der Waals surface area (Å²) in [6, 6.07) is 0. The van der Waals surface area contributed by atoms with Gasteiger partial charge in [0.1, 0.15) is 4.90 Å². The number of nitrogen functional groups attached to an aromatic ring is 1. The Hall–Kier alpha value is -1.87. The number of rotatable bonds is 6. The van der Waals surface area contributed by atoms with Crippen molar-refractivity contribution in [1.29, 1.82) is 0 Å². The third-order valence-corrected chi connectivity index (χ3v) is 4.57. The maximum atomic E-state index is 12.3. The van der Waals surface area contributed by atoms with Crippen molar-refractivity contribution in [3.8, 4) is 0 Å². The molecule has 3 N–H and O–H groups in total. The van der Waals surface area contributed by atoms with E-state index < -0.39 is 10.0 Å². The summed E-state index contributed by atoms with van der Waals surface area (Å²) < 4.78 is 30.3. The number of nitrogens with two attached hydrogens (primary N) is 1. The Morgan fingerprint density at radius 3 is 2.57 bits per heavy atom. The van der Waals surface area contributed by atoms with E-state index in [-0.39, 0.29) is 17.3 Å². The number of anilines is 1. The Bertz CT molecular complexity index is 731. The van der Waals surface area contributed by atoms with Gasteiger partial charge in [-0.1, -0.05) is 6.92 Å². The molecule has 0 spiro atoms. The number of aromatic nitrogens is 4. The minimum Gasteiger partial charge on any atom is -0.381 e. The molecule has 0 fully saturated rings. The van der Waals surface area contributed by atoms with Gasteiger partial charge in [-0.25, -0.2) is 13.1 Å². The molecule has 0 saturated heterocycles. The second kappa shape index (κ2) is 5.86. The fourth-order valence-corrected chi connectivity index (χ4v) is 3.14. The zero-order valence-corrected chi connectivity index (χ0v) is 13.2. The van der Waals surface area contributed by atoms with Crippen LogP contribution in [0.1, 0.15) is 25.1 Å². The van der Waals surface area contributed by atoms with Crippen molar-refractivity contribution in [3.63, 3.8) is 0 Å². The third kappa shape index (κ3) is 3.24. The summed E-state index contributed by atoms with van der Waals surface area (Å²) in [6.45, 7) is 4.57. The van der Waals surface area contributed by atoms with Gasteiger partial charge in [0, 0.05) is 38.1 Å². The summed E-state index contributed by atoms with van der Waals surface area (Å²) in [5.41, 5.74) is 7.39. The lowest BCUT2D eigenvalue weighted by atomic mass is 10.2. The lowest BCUT2D eigenvalue weighted by Crippen LogP contribution is -2.24. The largest absolute Gasteiger partial charge is 0.381 e. The van der Waals surface area contributed by atoms with Gasteiger partial charge in [0.05, 0.1) is 5.69 Å². The fraction of sp³-hybridized carbons (Fsp3) is 0.500. The van der Waals surface area contributed by atoms with Gasteiger partial charge in [-0.15, -0.1) is 0 Å². The molecule has 0 aliphatic heterocycles. The first-order valence-corrected chi connectivity index (χ1v) is 8.19. The predicted octanol–water partition coefficient (Wildman–Crippen LogP) is 0.260. The summed E-state index contributed by atoms with van der Waals surface area (Å²) in [6.07, 6.45) is 3.98. The predicted molar refractivity (Wildman–Crippen MR) is 78.9 cm³/mol. The molecular formula is C12H20N6O2S. The topological polar surface area (TPSA) is 108 Å². The minimum absolute atomic E-state index is 0.00579. The minimum atomic E-state index is -3.69. The second-order valence-electron chi connectivity index (χ2n) is 4.69. The second-order valence-corrected chi connectivity index (χ2v) is 6.42. The highest BCUT2D eigenvalue weighted by Gasteiger charge is 2.21. The van der Waals surface area contributed by atoms with Gasteiger partial charge in [0.15, 0.2) is 5.82 Å². The Balaban J connectivity index is 2.19. The molecule has 0 bridgehead atoms. The van der Waals surface area contributed by atoms with E-state index in [9.17, 15) is 8.42 Å². The van der Waals surface area contributed by atoms with Crippen LogP contribution in [0.15, 0.2) is 17.3 Å². The molecule has 9 heteroatoms. The van der Waals surface area contributed by atoms with Crippen molar-refractivity contribution in [2.75, 3.05) is 5.73 Å². The quantitative estimate of drug-likeness (QED) is 0.795. The monoisotopic (exact) mass is 312 g/mol. The van der Waals surface area contributed by atoms with E-state index in [1.807, 2.05) is 13.8 Å². The standard InChI is InChI=1S/C12H20N6O2S/c1-4-10-9(7-17(3)15-10)6-14-21(19,20)11-8-18(5-2)16-12(11)13/h7-8,14H,4-6H2,1-3H3,(H2,13,16). The van der Waals surface area contributed by atoms with Crippen molar-refractivity contribution in [2.45, 2.75) is 38.3 Å². The van der Waals surface area contributed by atoms with Crippen LogP contribution in [-0.4, -0.2) is 28.0 Å². The van der Waals surface area contributed by atoms with Crippen LogP contribution in [0.2, 0.25) is 0 Å². The number of sulfonamides is 1. The van der Waals surface area contributed by atoms with Crippen molar-refractivity contribution in [1.82, 2.24) is 24.3 Å². The number of nitrogens with zero attached hydrogens (tertiary/aromatic N) is 4. The molecule has 0 unspecified atom stereocenters. The molecule has 0 saturated carbocycles. The SMILES string of the molecule is CCc1nn(C)cc1CNS(=O)(=O)c1cn(CC)nc1N.